The molecule has 0 aromatic heterocycles. The Bertz CT molecular complexity index is 32.6. The Hall–Kier alpha value is 1.67. The second-order valence-electron chi connectivity index (χ2n) is 0.908. The van der Waals surface area contributed by atoms with Gasteiger partial charge in [-0.3, -0.25) is 0 Å². The zero-order chi connectivity index (χ0) is 3.58. The van der Waals surface area contributed by atoms with Crippen molar-refractivity contribution in [3.05, 3.63) is 0 Å². The van der Waals surface area contributed by atoms with E-state index in [-0.39, 0.29) is 44.1 Å². The van der Waals surface area contributed by atoms with E-state index in [1.54, 1.807) is 13.3 Å². The zero-order valence-corrected chi connectivity index (χ0v) is 9.23. The molecule has 0 spiro atoms. The van der Waals surface area contributed by atoms with Crippen LogP contribution in [0.2, 0.25) is 0 Å². The van der Waals surface area contributed by atoms with Crippen LogP contribution >= 0.6 is 7.80 Å². The van der Waals surface area contributed by atoms with E-state index >= 15 is 0 Å². The maximum Gasteiger partial charge on any atom is 0.0703 e. The Morgan fingerprint density at radius 3 is 1.40 bits per heavy atom. The van der Waals surface area contributed by atoms with Gasteiger partial charge in [-0.15, -0.1) is 0 Å². The van der Waals surface area contributed by atoms with Crippen LogP contribution in [0.25, 0.3) is 0 Å². The van der Waals surface area contributed by atoms with Crippen molar-refractivity contribution in [1.82, 2.24) is 0 Å². The molecule has 0 amide bonds. The summed E-state index contributed by atoms with van der Waals surface area (Å²) in [4.78, 5) is 0. The summed E-state index contributed by atoms with van der Waals surface area (Å²) in [5, 5.41) is 0. The Morgan fingerprint density at radius 2 is 1.40 bits per heavy atom. The Labute approximate surface area is 68.9 Å². The number of hydrogen-bond acceptors (Lipinski definition) is 1. The van der Waals surface area contributed by atoms with Crippen molar-refractivity contribution < 1.29 is 48.6 Å². The normalized spacial score (nSPS) is 7.00. The van der Waals surface area contributed by atoms with E-state index in [4.69, 9.17) is 0 Å². The van der Waals surface area contributed by atoms with Crippen LogP contribution in [-0.2, 0) is 4.57 Å². The van der Waals surface area contributed by atoms with Crippen molar-refractivity contribution in [2.24, 2.45) is 0 Å². The average Bonchev–Trinajstić information content (AvgIpc) is 0.811. The van der Waals surface area contributed by atoms with Crippen LogP contribution in [-0.4, -0.2) is 13.3 Å². The molecule has 0 aliphatic carbocycles. The minimum absolute atomic E-state index is 0. The molecule has 1 radical (unpaired) electrons. The molecule has 0 atom stereocenters. The molecule has 29 valence electrons. The summed E-state index contributed by atoms with van der Waals surface area (Å²) in [6, 6.07) is 0. The van der Waals surface area contributed by atoms with Crippen LogP contribution < -0.4 is 0 Å². The van der Waals surface area contributed by atoms with Gasteiger partial charge in [-0.05, 0) is 13.3 Å². The van der Waals surface area contributed by atoms with Crippen molar-refractivity contribution in [2.45, 2.75) is 0 Å². The van der Waals surface area contributed by atoms with Crippen molar-refractivity contribution in [3.8, 4) is 0 Å². The van der Waals surface area contributed by atoms with Gasteiger partial charge in [0, 0.05) is 44.1 Å². The van der Waals surface area contributed by atoms with Crippen LogP contribution in [0.5, 0.6) is 0 Å². The molecule has 5 heavy (non-hydrogen) atoms. The van der Waals surface area contributed by atoms with Gasteiger partial charge in [0.05, 0.1) is 7.80 Å². The van der Waals surface area contributed by atoms with E-state index < -0.39 is 7.80 Å². The smallest absolute Gasteiger partial charge is 0.0703 e. The van der Waals surface area contributed by atoms with Gasteiger partial charge < -0.3 is 4.57 Å². The molecule has 0 N–H and O–H groups in total. The Kier molecular flexibility index (Phi) is 11.2. The van der Waals surface area contributed by atoms with E-state index in [0.29, 0.717) is 0 Å². The first-order chi connectivity index (χ1) is 1.73. The molecule has 0 heterocycles. The quantitative estimate of drug-likeness (QED) is 0.605. The zero-order valence-electron chi connectivity index (χ0n) is 3.49. The van der Waals surface area contributed by atoms with Crippen molar-refractivity contribution in [1.29, 1.82) is 0 Å². The third-order valence-corrected chi connectivity index (χ3v) is 0. The molecular formula is C2H7AcOP. The second kappa shape index (κ2) is 5.67. The van der Waals surface area contributed by atoms with Crippen LogP contribution in [0.3, 0.4) is 0 Å². The molecule has 0 fully saturated rings. The largest absolute Gasteiger partial charge is 0.327 e. The van der Waals surface area contributed by atoms with E-state index in [1.807, 2.05) is 0 Å². The fraction of sp³-hybridized carbons (Fsp3) is 1.00. The number of hydrogen-bond donors (Lipinski definition) is 0. The van der Waals surface area contributed by atoms with Gasteiger partial charge in [0.2, 0.25) is 0 Å². The van der Waals surface area contributed by atoms with Crippen LogP contribution in [0.1, 0.15) is 0 Å². The molecule has 0 saturated heterocycles. The van der Waals surface area contributed by atoms with Gasteiger partial charge in [0.25, 0.3) is 0 Å². The molecule has 3 heteroatoms. The standard InChI is InChI=1S/C2H7OP.Ac/c1-4(2)3;/h4H,1-2H3;. The first kappa shape index (κ1) is 9.83. The predicted octanol–water partition coefficient (Wildman–Crippen LogP) is 0.806. The molecule has 0 aromatic carbocycles. The molecule has 1 nitrogen and oxygen atoms in total. The fourth-order valence-electron chi connectivity index (χ4n) is 0. The minimum Gasteiger partial charge on any atom is -0.327 e. The molecule has 0 aliphatic heterocycles. The summed E-state index contributed by atoms with van der Waals surface area (Å²) < 4.78 is 9.63. The molecule has 0 unspecified atom stereocenters. The maximum absolute atomic E-state index is 9.63. The summed E-state index contributed by atoms with van der Waals surface area (Å²) in [5.74, 6) is 0. The monoisotopic (exact) mass is 305 g/mol. The van der Waals surface area contributed by atoms with E-state index in [0.717, 1.165) is 0 Å². The summed E-state index contributed by atoms with van der Waals surface area (Å²) in [7, 11) is -1.13. The van der Waals surface area contributed by atoms with Crippen molar-refractivity contribution in [3.63, 3.8) is 0 Å². The van der Waals surface area contributed by atoms with Gasteiger partial charge >= 0.3 is 0 Å². The van der Waals surface area contributed by atoms with Crippen LogP contribution in [0.15, 0.2) is 0 Å². The van der Waals surface area contributed by atoms with Crippen LogP contribution in [0, 0.1) is 44.1 Å². The van der Waals surface area contributed by atoms with E-state index in [9.17, 15) is 4.57 Å². The Morgan fingerprint density at radius 1 is 1.40 bits per heavy atom. The van der Waals surface area contributed by atoms with Crippen molar-refractivity contribution >= 4 is 7.80 Å². The molecule has 0 aliphatic rings. The average molecular weight is 305 g/mol. The molecule has 0 aromatic rings. The SMILES string of the molecule is C[PH](C)=O.[Ac]. The number of rotatable bonds is 0. The van der Waals surface area contributed by atoms with Gasteiger partial charge in [-0.1, -0.05) is 0 Å². The van der Waals surface area contributed by atoms with E-state index in [2.05, 4.69) is 0 Å². The van der Waals surface area contributed by atoms with E-state index in [1.165, 1.54) is 0 Å². The molecular weight excluding hydrogens is 298 g/mol. The summed E-state index contributed by atoms with van der Waals surface area (Å²) in [6.45, 7) is 3.43. The van der Waals surface area contributed by atoms with Crippen LogP contribution in [0.4, 0.5) is 0 Å². The van der Waals surface area contributed by atoms with Gasteiger partial charge in [-0.25, -0.2) is 0 Å². The molecule has 0 bridgehead atoms. The summed E-state index contributed by atoms with van der Waals surface area (Å²) >= 11 is 0. The minimum atomic E-state index is -1.13. The fourth-order valence-corrected chi connectivity index (χ4v) is 0. The Balaban J connectivity index is 0. The first-order valence-electron chi connectivity index (χ1n) is 1.20. The van der Waals surface area contributed by atoms with Gasteiger partial charge in [-0.2, -0.15) is 0 Å². The maximum atomic E-state index is 9.63. The summed E-state index contributed by atoms with van der Waals surface area (Å²) in [6.07, 6.45) is 0. The van der Waals surface area contributed by atoms with Gasteiger partial charge in [0.1, 0.15) is 0 Å². The summed E-state index contributed by atoms with van der Waals surface area (Å²) in [5.41, 5.74) is 0. The first-order valence-corrected chi connectivity index (χ1v) is 3.61. The van der Waals surface area contributed by atoms with Gasteiger partial charge in [0.15, 0.2) is 0 Å². The molecule has 0 saturated carbocycles. The van der Waals surface area contributed by atoms with Crippen molar-refractivity contribution in [2.75, 3.05) is 13.3 Å². The topological polar surface area (TPSA) is 17.1 Å². The predicted molar refractivity (Wildman–Crippen MR) is 20.8 cm³/mol. The molecule has 0 rings (SSSR count). The third-order valence-electron chi connectivity index (χ3n) is 0. The second-order valence-corrected chi connectivity index (χ2v) is 2.72. The third kappa shape index (κ3) is 27.4.